The van der Waals surface area contributed by atoms with Crippen LogP contribution in [0.3, 0.4) is 0 Å². The van der Waals surface area contributed by atoms with E-state index >= 15 is 0 Å². The normalized spacial score (nSPS) is 15.9. The lowest BCUT2D eigenvalue weighted by Crippen LogP contribution is -2.51. The fraction of sp³-hybridized carbons (Fsp3) is 0.432. The van der Waals surface area contributed by atoms with Crippen LogP contribution in [0.1, 0.15) is 33.3 Å². The van der Waals surface area contributed by atoms with Gasteiger partial charge >= 0.3 is 12.1 Å². The molecule has 2 N–H and O–H groups in total. The number of imidazole rings is 1. The van der Waals surface area contributed by atoms with Crippen LogP contribution in [0, 0.1) is 0 Å². The summed E-state index contributed by atoms with van der Waals surface area (Å²) in [5.74, 6) is 1.67. The molecule has 0 radical (unpaired) electrons. The monoisotopic (exact) mass is 653 g/mol. The molecule has 0 spiro atoms. The van der Waals surface area contributed by atoms with Crippen LogP contribution in [0.25, 0.3) is 22.4 Å². The van der Waals surface area contributed by atoms with Gasteiger partial charge in [0.1, 0.15) is 23.7 Å². The maximum Gasteiger partial charge on any atom is 0.409 e. The number of carbonyl (C=O) groups excluding carboxylic acids is 2. The fourth-order valence-electron chi connectivity index (χ4n) is 6.19. The molecule has 2 saturated heterocycles. The van der Waals surface area contributed by atoms with Crippen LogP contribution in [0.2, 0.25) is 0 Å². The number of hydrogen-bond donors (Lipinski definition) is 2. The van der Waals surface area contributed by atoms with Crippen molar-refractivity contribution in [3.63, 3.8) is 0 Å². The standard InChI is InChI=1S/C37H47N7O4/c1-5-47-36(46)44-22-20-43(21-23-44)35(45)38-29-12-14-30(15-13-29)48-25-24-41-16-18-42(19-17-41)32-11-7-10-31-33(32)40-34(39-31)27-8-6-9-28(26-27)37(2,3)4/h6-15,26H,5,16-25H2,1-4H3,(H,38,45)(H,39,40). The van der Waals surface area contributed by atoms with E-state index in [1.165, 1.54) is 11.3 Å². The molecule has 2 aliphatic heterocycles. The predicted molar refractivity (Wildman–Crippen MR) is 190 cm³/mol. The predicted octanol–water partition coefficient (Wildman–Crippen LogP) is 6.03. The average molecular weight is 654 g/mol. The van der Waals surface area contributed by atoms with Gasteiger partial charge in [0.2, 0.25) is 0 Å². The molecule has 2 aliphatic rings. The summed E-state index contributed by atoms with van der Waals surface area (Å²) in [5, 5.41) is 2.94. The Morgan fingerprint density at radius 3 is 2.29 bits per heavy atom. The maximum atomic E-state index is 12.7. The van der Waals surface area contributed by atoms with Crippen LogP contribution in [0.5, 0.6) is 5.75 Å². The number of hydrogen-bond acceptors (Lipinski definition) is 7. The molecule has 11 nitrogen and oxygen atoms in total. The van der Waals surface area contributed by atoms with Crippen molar-refractivity contribution in [2.75, 3.05) is 82.3 Å². The Morgan fingerprint density at radius 2 is 1.58 bits per heavy atom. The molecule has 0 unspecified atom stereocenters. The summed E-state index contributed by atoms with van der Waals surface area (Å²) >= 11 is 0. The second-order valence-corrected chi connectivity index (χ2v) is 13.4. The molecular weight excluding hydrogens is 606 g/mol. The van der Waals surface area contributed by atoms with E-state index in [1.807, 2.05) is 24.3 Å². The number of fused-ring (bicyclic) bond motifs is 1. The van der Waals surface area contributed by atoms with E-state index in [-0.39, 0.29) is 17.5 Å². The van der Waals surface area contributed by atoms with Crippen LogP contribution in [0.15, 0.2) is 66.7 Å². The van der Waals surface area contributed by atoms with Gasteiger partial charge in [-0.2, -0.15) is 0 Å². The Balaban J connectivity index is 0.953. The van der Waals surface area contributed by atoms with Crippen LogP contribution < -0.4 is 15.0 Å². The quantitative estimate of drug-likeness (QED) is 0.239. The molecule has 2 fully saturated rings. The molecule has 3 amide bonds. The minimum absolute atomic E-state index is 0.0777. The summed E-state index contributed by atoms with van der Waals surface area (Å²) in [5.41, 5.74) is 6.42. The van der Waals surface area contributed by atoms with Crippen molar-refractivity contribution in [3.8, 4) is 17.1 Å². The second kappa shape index (κ2) is 14.6. The summed E-state index contributed by atoms with van der Waals surface area (Å²) in [6.45, 7) is 15.8. The molecule has 1 aromatic heterocycles. The van der Waals surface area contributed by atoms with E-state index in [2.05, 4.69) is 83.3 Å². The zero-order valence-electron chi connectivity index (χ0n) is 28.5. The van der Waals surface area contributed by atoms with Gasteiger partial charge in [-0.05, 0) is 60.4 Å². The number of carbonyl (C=O) groups is 2. The van der Waals surface area contributed by atoms with E-state index in [1.54, 1.807) is 16.7 Å². The van der Waals surface area contributed by atoms with Crippen molar-refractivity contribution in [3.05, 3.63) is 72.3 Å². The van der Waals surface area contributed by atoms with E-state index in [0.717, 1.165) is 60.9 Å². The molecule has 3 heterocycles. The Labute approximate surface area is 282 Å². The molecule has 254 valence electrons. The van der Waals surface area contributed by atoms with Gasteiger partial charge in [0.15, 0.2) is 0 Å². The number of nitrogens with zero attached hydrogens (tertiary/aromatic N) is 5. The molecule has 0 aliphatic carbocycles. The minimum Gasteiger partial charge on any atom is -0.492 e. The number of rotatable bonds is 8. The number of amides is 3. The molecule has 11 heteroatoms. The highest BCUT2D eigenvalue weighted by molar-refractivity contribution is 5.91. The van der Waals surface area contributed by atoms with E-state index < -0.39 is 0 Å². The number of anilines is 2. The Hall–Kier alpha value is -4.77. The average Bonchev–Trinajstić information content (AvgIpc) is 3.54. The molecule has 6 rings (SSSR count). The molecule has 0 atom stereocenters. The first-order valence-electron chi connectivity index (χ1n) is 17.0. The van der Waals surface area contributed by atoms with E-state index in [4.69, 9.17) is 14.5 Å². The number of piperazine rings is 2. The van der Waals surface area contributed by atoms with E-state index in [9.17, 15) is 9.59 Å². The van der Waals surface area contributed by atoms with Crippen molar-refractivity contribution >= 4 is 34.5 Å². The Bertz CT molecular complexity index is 1700. The topological polar surface area (TPSA) is 106 Å². The number of aromatic nitrogens is 2. The third-order valence-electron chi connectivity index (χ3n) is 9.08. The number of H-pyrrole nitrogens is 1. The fourth-order valence-corrected chi connectivity index (χ4v) is 6.19. The van der Waals surface area contributed by atoms with Gasteiger partial charge < -0.3 is 34.5 Å². The van der Waals surface area contributed by atoms with Gasteiger partial charge in [-0.1, -0.05) is 45.0 Å². The van der Waals surface area contributed by atoms with Crippen molar-refractivity contribution in [1.29, 1.82) is 0 Å². The lowest BCUT2D eigenvalue weighted by atomic mass is 9.86. The lowest BCUT2D eigenvalue weighted by Gasteiger charge is -2.36. The number of aromatic amines is 1. The number of nitrogens with one attached hydrogen (secondary N) is 2. The largest absolute Gasteiger partial charge is 0.492 e. The highest BCUT2D eigenvalue weighted by Gasteiger charge is 2.25. The maximum absolute atomic E-state index is 12.7. The van der Waals surface area contributed by atoms with Crippen LogP contribution in [-0.4, -0.2) is 109 Å². The summed E-state index contributed by atoms with van der Waals surface area (Å²) in [7, 11) is 0. The summed E-state index contributed by atoms with van der Waals surface area (Å²) < 4.78 is 11.1. The SMILES string of the molecule is CCOC(=O)N1CCN(C(=O)Nc2ccc(OCCN3CCN(c4cccc5[nH]c(-c6cccc(C(C)(C)C)c6)nc45)CC3)cc2)CC1. The number of benzene rings is 3. The molecule has 48 heavy (non-hydrogen) atoms. The summed E-state index contributed by atoms with van der Waals surface area (Å²) in [4.78, 5) is 41.4. The highest BCUT2D eigenvalue weighted by atomic mass is 16.6. The van der Waals surface area contributed by atoms with Crippen LogP contribution >= 0.6 is 0 Å². The Morgan fingerprint density at radius 1 is 0.875 bits per heavy atom. The van der Waals surface area contributed by atoms with Crippen molar-refractivity contribution in [1.82, 2.24) is 24.7 Å². The third-order valence-corrected chi connectivity index (χ3v) is 9.08. The van der Waals surface area contributed by atoms with Gasteiger partial charge in [0.05, 0.1) is 17.8 Å². The first-order chi connectivity index (χ1) is 23.2. The zero-order valence-corrected chi connectivity index (χ0v) is 28.5. The van der Waals surface area contributed by atoms with Gasteiger partial charge in [0, 0.05) is 70.2 Å². The molecule has 0 bridgehead atoms. The molecule has 4 aromatic rings. The summed E-state index contributed by atoms with van der Waals surface area (Å²) in [6, 6.07) is 22.3. The molecule has 3 aromatic carbocycles. The van der Waals surface area contributed by atoms with Gasteiger partial charge in [-0.15, -0.1) is 0 Å². The molecule has 0 saturated carbocycles. The van der Waals surface area contributed by atoms with Crippen molar-refractivity contribution in [2.24, 2.45) is 0 Å². The third kappa shape index (κ3) is 7.84. The van der Waals surface area contributed by atoms with Gasteiger partial charge in [0.25, 0.3) is 0 Å². The second-order valence-electron chi connectivity index (χ2n) is 13.4. The smallest absolute Gasteiger partial charge is 0.409 e. The first kappa shape index (κ1) is 33.1. The minimum atomic E-state index is -0.328. The first-order valence-corrected chi connectivity index (χ1v) is 17.0. The summed E-state index contributed by atoms with van der Waals surface area (Å²) in [6.07, 6.45) is -0.328. The van der Waals surface area contributed by atoms with Crippen molar-refractivity contribution in [2.45, 2.75) is 33.1 Å². The number of para-hydroxylation sites is 1. The van der Waals surface area contributed by atoms with Crippen LogP contribution in [0.4, 0.5) is 21.0 Å². The molecular formula is C37H47N7O4. The zero-order chi connectivity index (χ0) is 33.7. The van der Waals surface area contributed by atoms with Gasteiger partial charge in [-0.3, -0.25) is 4.90 Å². The Kier molecular flexibility index (Phi) is 10.0. The highest BCUT2D eigenvalue weighted by Crippen LogP contribution is 2.31. The lowest BCUT2D eigenvalue weighted by molar-refractivity contribution is 0.0868. The van der Waals surface area contributed by atoms with Crippen molar-refractivity contribution < 1.29 is 19.1 Å². The van der Waals surface area contributed by atoms with Crippen LogP contribution in [-0.2, 0) is 10.2 Å². The van der Waals surface area contributed by atoms with Gasteiger partial charge in [-0.25, -0.2) is 14.6 Å². The van der Waals surface area contributed by atoms with E-state index in [0.29, 0.717) is 45.1 Å². The number of ether oxygens (including phenoxy) is 2. The number of urea groups is 1.